The standard InChI is InChI=1S/C19H19Cl2N3O4/c1-12(28-14-8-6-13(20)7-9-14)19(27)24-23-18(26)11-10-17(25)22-16-5-3-2-4-15(16)21/h2-9,12H,10-11H2,1H3,(H,22,25)(H,23,26)(H,24,27). The first-order valence-corrected chi connectivity index (χ1v) is 9.16. The molecule has 0 aliphatic heterocycles. The van der Waals surface area contributed by atoms with Gasteiger partial charge in [-0.3, -0.25) is 25.2 Å². The Morgan fingerprint density at radius 1 is 0.929 bits per heavy atom. The molecule has 0 radical (unpaired) electrons. The molecule has 148 valence electrons. The van der Waals surface area contributed by atoms with Crippen LogP contribution in [0.2, 0.25) is 10.0 Å². The Balaban J connectivity index is 1.69. The number of hydrogen-bond acceptors (Lipinski definition) is 4. The van der Waals surface area contributed by atoms with E-state index in [9.17, 15) is 14.4 Å². The number of halogens is 2. The average Bonchev–Trinajstić information content (AvgIpc) is 2.68. The second kappa shape index (κ2) is 10.5. The fraction of sp³-hybridized carbons (Fsp3) is 0.211. The highest BCUT2D eigenvalue weighted by molar-refractivity contribution is 6.33. The second-order valence-corrected chi connectivity index (χ2v) is 6.62. The van der Waals surface area contributed by atoms with Gasteiger partial charge in [-0.15, -0.1) is 0 Å². The maximum Gasteiger partial charge on any atom is 0.279 e. The Labute approximate surface area is 172 Å². The lowest BCUT2D eigenvalue weighted by Gasteiger charge is -2.15. The van der Waals surface area contributed by atoms with Gasteiger partial charge >= 0.3 is 0 Å². The highest BCUT2D eigenvalue weighted by Gasteiger charge is 2.16. The van der Waals surface area contributed by atoms with E-state index < -0.39 is 17.9 Å². The molecule has 3 N–H and O–H groups in total. The van der Waals surface area contributed by atoms with E-state index in [-0.39, 0.29) is 18.7 Å². The summed E-state index contributed by atoms with van der Waals surface area (Å²) in [5, 5.41) is 3.57. The van der Waals surface area contributed by atoms with Crippen LogP contribution in [0.3, 0.4) is 0 Å². The molecule has 0 fully saturated rings. The zero-order valence-corrected chi connectivity index (χ0v) is 16.5. The van der Waals surface area contributed by atoms with E-state index in [1.807, 2.05) is 0 Å². The van der Waals surface area contributed by atoms with Gasteiger partial charge in [0.15, 0.2) is 6.10 Å². The smallest absolute Gasteiger partial charge is 0.279 e. The minimum absolute atomic E-state index is 0.0657. The molecule has 7 nitrogen and oxygen atoms in total. The van der Waals surface area contributed by atoms with E-state index in [1.54, 1.807) is 48.5 Å². The summed E-state index contributed by atoms with van der Waals surface area (Å²) < 4.78 is 5.44. The zero-order valence-electron chi connectivity index (χ0n) is 15.0. The number of carbonyl (C=O) groups excluding carboxylic acids is 3. The maximum atomic E-state index is 12.0. The largest absolute Gasteiger partial charge is 0.481 e. The number of ether oxygens (including phenoxy) is 1. The number of carbonyl (C=O) groups is 3. The molecule has 2 aromatic rings. The lowest BCUT2D eigenvalue weighted by molar-refractivity contribution is -0.133. The van der Waals surface area contributed by atoms with Gasteiger partial charge in [-0.25, -0.2) is 0 Å². The number of anilines is 1. The van der Waals surface area contributed by atoms with Gasteiger partial charge in [-0.2, -0.15) is 0 Å². The third-order valence-corrected chi connectivity index (χ3v) is 4.13. The molecule has 2 aromatic carbocycles. The molecule has 9 heteroatoms. The third-order valence-electron chi connectivity index (χ3n) is 3.55. The first-order valence-electron chi connectivity index (χ1n) is 8.40. The minimum atomic E-state index is -0.843. The fourth-order valence-corrected chi connectivity index (χ4v) is 2.38. The summed E-state index contributed by atoms with van der Waals surface area (Å²) in [6.45, 7) is 1.53. The summed E-state index contributed by atoms with van der Waals surface area (Å²) in [7, 11) is 0. The van der Waals surface area contributed by atoms with Gasteiger partial charge in [-0.1, -0.05) is 35.3 Å². The normalized spacial score (nSPS) is 11.2. The highest BCUT2D eigenvalue weighted by Crippen LogP contribution is 2.20. The topological polar surface area (TPSA) is 96.5 Å². The van der Waals surface area contributed by atoms with Crippen molar-refractivity contribution in [3.63, 3.8) is 0 Å². The van der Waals surface area contributed by atoms with Gasteiger partial charge in [0.2, 0.25) is 11.8 Å². The third kappa shape index (κ3) is 7.09. The summed E-state index contributed by atoms with van der Waals surface area (Å²) in [4.78, 5) is 35.6. The van der Waals surface area contributed by atoms with Gasteiger partial charge in [-0.05, 0) is 43.3 Å². The molecule has 0 aromatic heterocycles. The Kier molecular flexibility index (Phi) is 8.10. The Bertz CT molecular complexity index is 843. The monoisotopic (exact) mass is 423 g/mol. The Morgan fingerprint density at radius 3 is 2.25 bits per heavy atom. The van der Waals surface area contributed by atoms with E-state index in [2.05, 4.69) is 16.2 Å². The van der Waals surface area contributed by atoms with Crippen molar-refractivity contribution in [1.29, 1.82) is 0 Å². The van der Waals surface area contributed by atoms with Crippen molar-refractivity contribution in [2.45, 2.75) is 25.9 Å². The first kappa shape index (κ1) is 21.5. The van der Waals surface area contributed by atoms with Gasteiger partial charge < -0.3 is 10.1 Å². The number of benzene rings is 2. The molecule has 0 saturated carbocycles. The van der Waals surface area contributed by atoms with Crippen molar-refractivity contribution in [2.24, 2.45) is 0 Å². The quantitative estimate of drug-likeness (QED) is 0.594. The number of nitrogens with one attached hydrogen (secondary N) is 3. The highest BCUT2D eigenvalue weighted by atomic mass is 35.5. The second-order valence-electron chi connectivity index (χ2n) is 5.78. The number of para-hydroxylation sites is 1. The van der Waals surface area contributed by atoms with Crippen LogP contribution in [-0.4, -0.2) is 23.8 Å². The fourth-order valence-electron chi connectivity index (χ4n) is 2.07. The molecular weight excluding hydrogens is 405 g/mol. The molecule has 28 heavy (non-hydrogen) atoms. The van der Waals surface area contributed by atoms with Crippen molar-refractivity contribution in [2.75, 3.05) is 5.32 Å². The van der Waals surface area contributed by atoms with Gasteiger partial charge in [0.1, 0.15) is 5.75 Å². The van der Waals surface area contributed by atoms with Gasteiger partial charge in [0.05, 0.1) is 10.7 Å². The summed E-state index contributed by atoms with van der Waals surface area (Å²) in [6, 6.07) is 13.3. The van der Waals surface area contributed by atoms with Crippen LogP contribution in [0.1, 0.15) is 19.8 Å². The molecule has 0 saturated heterocycles. The number of hydrazine groups is 1. The molecule has 0 aliphatic rings. The lowest BCUT2D eigenvalue weighted by atomic mass is 10.2. The molecule has 0 spiro atoms. The van der Waals surface area contributed by atoms with Crippen molar-refractivity contribution in [3.8, 4) is 5.75 Å². The zero-order chi connectivity index (χ0) is 20.5. The van der Waals surface area contributed by atoms with E-state index in [0.29, 0.717) is 21.5 Å². The minimum Gasteiger partial charge on any atom is -0.481 e. The van der Waals surface area contributed by atoms with Crippen molar-refractivity contribution >= 4 is 46.6 Å². The molecule has 0 bridgehead atoms. The predicted molar refractivity (Wildman–Crippen MR) is 107 cm³/mol. The number of amides is 3. The van der Waals surface area contributed by atoms with Crippen LogP contribution < -0.4 is 20.9 Å². The van der Waals surface area contributed by atoms with Crippen molar-refractivity contribution in [3.05, 3.63) is 58.6 Å². The number of rotatable bonds is 7. The van der Waals surface area contributed by atoms with Gasteiger partial charge in [0.25, 0.3) is 5.91 Å². The van der Waals surface area contributed by atoms with Crippen LogP contribution in [0, 0.1) is 0 Å². The van der Waals surface area contributed by atoms with Crippen molar-refractivity contribution in [1.82, 2.24) is 10.9 Å². The molecule has 1 unspecified atom stereocenters. The summed E-state index contributed by atoms with van der Waals surface area (Å²) in [5.41, 5.74) is 4.97. The Morgan fingerprint density at radius 2 is 1.57 bits per heavy atom. The molecular formula is C19H19Cl2N3O4. The average molecular weight is 424 g/mol. The van der Waals surface area contributed by atoms with Crippen molar-refractivity contribution < 1.29 is 19.1 Å². The molecule has 1 atom stereocenters. The number of hydrogen-bond donors (Lipinski definition) is 3. The van der Waals surface area contributed by atoms with Crippen LogP contribution in [0.15, 0.2) is 48.5 Å². The summed E-state index contributed by atoms with van der Waals surface area (Å²) in [5.74, 6) is -0.950. The van der Waals surface area contributed by atoms with Gasteiger partial charge in [0, 0.05) is 17.9 Å². The van der Waals surface area contributed by atoms with Crippen LogP contribution >= 0.6 is 23.2 Å². The molecule has 2 rings (SSSR count). The van der Waals surface area contributed by atoms with E-state index in [1.165, 1.54) is 6.92 Å². The van der Waals surface area contributed by atoms with Crippen LogP contribution in [-0.2, 0) is 14.4 Å². The van der Waals surface area contributed by atoms with Crippen LogP contribution in [0.5, 0.6) is 5.75 Å². The van der Waals surface area contributed by atoms with Crippen LogP contribution in [0.4, 0.5) is 5.69 Å². The first-order chi connectivity index (χ1) is 13.3. The molecule has 3 amide bonds. The molecule has 0 aliphatic carbocycles. The lowest BCUT2D eigenvalue weighted by Crippen LogP contribution is -2.47. The maximum absolute atomic E-state index is 12.0. The van der Waals surface area contributed by atoms with Crippen LogP contribution in [0.25, 0.3) is 0 Å². The summed E-state index contributed by atoms with van der Waals surface area (Å²) in [6.07, 6.45) is -1.02. The predicted octanol–water partition coefficient (Wildman–Crippen LogP) is 3.33. The molecule has 0 heterocycles. The summed E-state index contributed by atoms with van der Waals surface area (Å²) >= 11 is 11.7. The van der Waals surface area contributed by atoms with E-state index in [0.717, 1.165) is 0 Å². The van der Waals surface area contributed by atoms with E-state index >= 15 is 0 Å². The van der Waals surface area contributed by atoms with E-state index in [4.69, 9.17) is 27.9 Å². The Hall–Kier alpha value is -2.77. The SMILES string of the molecule is CC(Oc1ccc(Cl)cc1)C(=O)NNC(=O)CCC(=O)Nc1ccccc1Cl.